The smallest absolute Gasteiger partial charge is 0.194 e. The second kappa shape index (κ2) is 5.71. The average Bonchev–Trinajstić information content (AvgIpc) is 2.25. The predicted molar refractivity (Wildman–Crippen MR) is 88.2 cm³/mol. The third-order valence-corrected chi connectivity index (χ3v) is 8.44. The quantitative estimate of drug-likeness (QED) is 0.589. The summed E-state index contributed by atoms with van der Waals surface area (Å²) in [5, 5.41) is 0.187. The van der Waals surface area contributed by atoms with E-state index in [0.717, 1.165) is 11.3 Å². The Kier molecular flexibility index (Phi) is 4.84. The van der Waals surface area contributed by atoms with E-state index in [-0.39, 0.29) is 5.04 Å². The maximum Gasteiger partial charge on any atom is 0.194 e. The summed E-state index contributed by atoms with van der Waals surface area (Å²) in [5.41, 5.74) is 1.48. The Morgan fingerprint density at radius 2 is 1.75 bits per heavy atom. The molecule has 0 aromatic carbocycles. The maximum atomic E-state index is 6.39. The number of aryl methyl sites for hydroxylation is 1. The summed E-state index contributed by atoms with van der Waals surface area (Å²) in [5.74, 6) is 6.41. The summed E-state index contributed by atoms with van der Waals surface area (Å²) in [4.78, 5) is 4.31. The van der Waals surface area contributed by atoms with E-state index >= 15 is 0 Å². The Morgan fingerprint density at radius 1 is 1.15 bits per heavy atom. The summed E-state index contributed by atoms with van der Waals surface area (Å²) >= 11 is 0. The molecule has 0 fully saturated rings. The molecule has 0 aliphatic carbocycles. The van der Waals surface area contributed by atoms with Gasteiger partial charge in [-0.2, -0.15) is 0 Å². The highest BCUT2D eigenvalue weighted by molar-refractivity contribution is 6.74. The van der Waals surface area contributed by atoms with Gasteiger partial charge in [0.05, 0.1) is 0 Å². The number of hydrogen-bond acceptors (Lipinski definition) is 2. The first-order chi connectivity index (χ1) is 8.95. The fourth-order valence-electron chi connectivity index (χ4n) is 1.64. The van der Waals surface area contributed by atoms with Gasteiger partial charge >= 0.3 is 0 Å². The summed E-state index contributed by atoms with van der Waals surface area (Å²) in [6.45, 7) is 17.3. The van der Waals surface area contributed by atoms with E-state index in [4.69, 9.17) is 4.43 Å². The minimum absolute atomic E-state index is 0.187. The number of hydrogen-bond donors (Lipinski definition) is 0. The first-order valence-electron chi connectivity index (χ1n) is 7.10. The largest absolute Gasteiger partial charge is 0.401 e. The lowest BCUT2D eigenvalue weighted by molar-refractivity contribution is 0.151. The maximum absolute atomic E-state index is 6.39. The zero-order valence-electron chi connectivity index (χ0n) is 14.1. The first kappa shape index (κ1) is 16.9. The SMILES string of the molecule is Cc1cccnc1C#CC(C)(C)O[Si](C)(C)C(C)(C)C. The van der Waals surface area contributed by atoms with Gasteiger partial charge in [-0.25, -0.2) is 4.98 Å². The molecule has 1 aromatic rings. The first-order valence-corrected chi connectivity index (χ1v) is 10.0. The van der Waals surface area contributed by atoms with Gasteiger partial charge in [0.1, 0.15) is 11.3 Å². The van der Waals surface area contributed by atoms with Gasteiger partial charge in [0.25, 0.3) is 0 Å². The molecule has 1 aromatic heterocycles. The fraction of sp³-hybridized carbons (Fsp3) is 0.588. The number of rotatable bonds is 2. The number of pyridine rings is 1. The van der Waals surface area contributed by atoms with E-state index in [1.807, 2.05) is 32.9 Å². The van der Waals surface area contributed by atoms with Gasteiger partial charge in [-0.3, -0.25) is 0 Å². The topological polar surface area (TPSA) is 22.1 Å². The van der Waals surface area contributed by atoms with Crippen LogP contribution in [0.3, 0.4) is 0 Å². The molecule has 0 unspecified atom stereocenters. The summed E-state index contributed by atoms with van der Waals surface area (Å²) < 4.78 is 6.39. The van der Waals surface area contributed by atoms with Crippen molar-refractivity contribution in [2.45, 2.75) is 65.3 Å². The molecule has 1 heterocycles. The monoisotopic (exact) mass is 289 g/mol. The summed E-state index contributed by atoms with van der Waals surface area (Å²) in [7, 11) is -1.82. The molecule has 0 saturated heterocycles. The van der Waals surface area contributed by atoms with Crippen LogP contribution in [-0.4, -0.2) is 18.9 Å². The van der Waals surface area contributed by atoms with Gasteiger partial charge in [0.2, 0.25) is 0 Å². The van der Waals surface area contributed by atoms with E-state index in [9.17, 15) is 0 Å². The highest BCUT2D eigenvalue weighted by atomic mass is 28.4. The van der Waals surface area contributed by atoms with Crippen molar-refractivity contribution in [3.63, 3.8) is 0 Å². The molecule has 20 heavy (non-hydrogen) atoms. The minimum Gasteiger partial charge on any atom is -0.401 e. The molecule has 3 heteroatoms. The molecular weight excluding hydrogens is 262 g/mol. The third-order valence-electron chi connectivity index (χ3n) is 3.81. The van der Waals surface area contributed by atoms with Crippen molar-refractivity contribution in [1.82, 2.24) is 4.98 Å². The molecule has 0 bridgehead atoms. The van der Waals surface area contributed by atoms with Gasteiger partial charge < -0.3 is 4.43 Å². The van der Waals surface area contributed by atoms with Crippen molar-refractivity contribution in [2.75, 3.05) is 0 Å². The molecule has 1 rings (SSSR count). The molecule has 0 amide bonds. The molecular formula is C17H27NOSi. The standard InChI is InChI=1S/C17H27NOSi/c1-14-10-9-13-18-15(14)11-12-17(5,6)19-20(7,8)16(2,3)4/h9-10,13H,1-8H3. The Labute approximate surface area is 125 Å². The molecule has 0 saturated carbocycles. The van der Waals surface area contributed by atoms with Crippen molar-refractivity contribution in [2.24, 2.45) is 0 Å². The lowest BCUT2D eigenvalue weighted by atomic mass is 10.1. The van der Waals surface area contributed by atoms with Gasteiger partial charge in [-0.15, -0.1) is 0 Å². The number of nitrogens with zero attached hydrogens (tertiary/aromatic N) is 1. The zero-order valence-corrected chi connectivity index (χ0v) is 15.1. The van der Waals surface area contributed by atoms with Crippen LogP contribution >= 0.6 is 0 Å². The molecule has 2 nitrogen and oxygen atoms in total. The van der Waals surface area contributed by atoms with Crippen LogP contribution in [0.4, 0.5) is 0 Å². The summed E-state index contributed by atoms with van der Waals surface area (Å²) in [6, 6.07) is 3.95. The van der Waals surface area contributed by atoms with Crippen molar-refractivity contribution in [1.29, 1.82) is 0 Å². The molecule has 0 spiro atoms. The van der Waals surface area contributed by atoms with Crippen molar-refractivity contribution >= 4 is 8.32 Å². The molecule has 110 valence electrons. The predicted octanol–water partition coefficient (Wildman–Crippen LogP) is 4.54. The van der Waals surface area contributed by atoms with Crippen molar-refractivity contribution in [3.05, 3.63) is 29.6 Å². The van der Waals surface area contributed by atoms with E-state index in [0.29, 0.717) is 0 Å². The van der Waals surface area contributed by atoms with Crippen LogP contribution in [0.15, 0.2) is 18.3 Å². The Balaban J connectivity index is 2.95. The fourth-order valence-corrected chi connectivity index (χ4v) is 3.28. The van der Waals surface area contributed by atoms with Crippen LogP contribution in [-0.2, 0) is 4.43 Å². The van der Waals surface area contributed by atoms with E-state index in [2.05, 4.69) is 50.7 Å². The summed E-state index contributed by atoms with van der Waals surface area (Å²) in [6.07, 6.45) is 1.78. The number of aromatic nitrogens is 1. The zero-order chi connectivity index (χ0) is 15.6. The normalized spacial score (nSPS) is 12.8. The van der Waals surface area contributed by atoms with Gasteiger partial charge in [-0.1, -0.05) is 32.8 Å². The van der Waals surface area contributed by atoms with Crippen LogP contribution < -0.4 is 0 Å². The molecule has 0 radical (unpaired) electrons. The van der Waals surface area contributed by atoms with Crippen molar-refractivity contribution < 1.29 is 4.43 Å². The van der Waals surface area contributed by atoms with Gasteiger partial charge in [-0.05, 0) is 56.5 Å². The molecule has 0 aliphatic heterocycles. The second-order valence-corrected chi connectivity index (χ2v) is 12.0. The third kappa shape index (κ3) is 4.47. The Morgan fingerprint density at radius 3 is 2.25 bits per heavy atom. The van der Waals surface area contributed by atoms with Gasteiger partial charge in [0, 0.05) is 6.20 Å². The van der Waals surface area contributed by atoms with Crippen LogP contribution in [0.2, 0.25) is 18.1 Å². The van der Waals surface area contributed by atoms with E-state index < -0.39 is 13.9 Å². The molecule has 0 aliphatic rings. The lowest BCUT2D eigenvalue weighted by Crippen LogP contribution is -2.47. The van der Waals surface area contributed by atoms with Gasteiger partial charge in [0.15, 0.2) is 8.32 Å². The van der Waals surface area contributed by atoms with Crippen LogP contribution in [0.5, 0.6) is 0 Å². The van der Waals surface area contributed by atoms with Crippen LogP contribution in [0, 0.1) is 18.8 Å². The highest BCUT2D eigenvalue weighted by Gasteiger charge is 2.40. The minimum atomic E-state index is -1.82. The van der Waals surface area contributed by atoms with Crippen molar-refractivity contribution in [3.8, 4) is 11.8 Å². The molecule has 0 atom stereocenters. The highest BCUT2D eigenvalue weighted by Crippen LogP contribution is 2.38. The van der Waals surface area contributed by atoms with E-state index in [1.54, 1.807) is 6.20 Å². The second-order valence-electron chi connectivity index (χ2n) is 7.29. The lowest BCUT2D eigenvalue weighted by Gasteiger charge is -2.40. The van der Waals surface area contributed by atoms with Crippen LogP contribution in [0.25, 0.3) is 0 Å². The Hall–Kier alpha value is -1.11. The Bertz CT molecular complexity index is 530. The molecule has 0 N–H and O–H groups in total. The van der Waals surface area contributed by atoms with Crippen LogP contribution in [0.1, 0.15) is 45.9 Å². The average molecular weight is 289 g/mol. The van der Waals surface area contributed by atoms with E-state index in [1.165, 1.54) is 0 Å².